The summed E-state index contributed by atoms with van der Waals surface area (Å²) in [4.78, 5) is 15.2. The van der Waals surface area contributed by atoms with Gasteiger partial charge in [-0.25, -0.2) is 9.78 Å². The molecular formula is C21H25ClF3N3O8S. The minimum atomic E-state index is -4.67. The van der Waals surface area contributed by atoms with Gasteiger partial charge < -0.3 is 24.1 Å². The molecule has 206 valence electrons. The van der Waals surface area contributed by atoms with E-state index in [0.29, 0.717) is 36.8 Å². The van der Waals surface area contributed by atoms with Crippen molar-refractivity contribution in [3.8, 4) is 11.6 Å². The molecule has 0 bridgehead atoms. The lowest BCUT2D eigenvalue weighted by atomic mass is 10.2. The average Bonchev–Trinajstić information content (AvgIpc) is 2.82. The molecular weight excluding hydrogens is 547 g/mol. The zero-order chi connectivity index (χ0) is 27.6. The monoisotopic (exact) mass is 571 g/mol. The maximum atomic E-state index is 12.8. The predicted octanol–water partition coefficient (Wildman–Crippen LogP) is 3.19. The van der Waals surface area contributed by atoms with Crippen molar-refractivity contribution in [2.75, 3.05) is 40.6 Å². The molecule has 1 amide bonds. The molecule has 0 fully saturated rings. The van der Waals surface area contributed by atoms with Crippen molar-refractivity contribution < 1.29 is 50.4 Å². The van der Waals surface area contributed by atoms with Gasteiger partial charge in [0.05, 0.1) is 31.9 Å². The van der Waals surface area contributed by atoms with Crippen LogP contribution in [0, 0.1) is 0 Å². The van der Waals surface area contributed by atoms with Gasteiger partial charge in [0.1, 0.15) is 23.5 Å². The van der Waals surface area contributed by atoms with E-state index in [1.165, 1.54) is 26.4 Å². The van der Waals surface area contributed by atoms with Gasteiger partial charge in [0.15, 0.2) is 0 Å². The second-order valence-corrected chi connectivity index (χ2v) is 9.42. The zero-order valence-corrected chi connectivity index (χ0v) is 21.3. The van der Waals surface area contributed by atoms with Crippen molar-refractivity contribution in [2.45, 2.75) is 18.8 Å². The van der Waals surface area contributed by atoms with Crippen molar-refractivity contribution in [1.82, 2.24) is 14.0 Å². The minimum absolute atomic E-state index is 0.182. The highest BCUT2D eigenvalue weighted by Gasteiger charge is 2.32. The Morgan fingerprint density at radius 2 is 1.86 bits per heavy atom. The first-order valence-electron chi connectivity index (χ1n) is 10.5. The summed E-state index contributed by atoms with van der Waals surface area (Å²) in [6, 6.07) is 6.71. The lowest BCUT2D eigenvalue weighted by molar-refractivity contribution is -0.137. The normalized spacial score (nSPS) is 12.7. The van der Waals surface area contributed by atoms with Gasteiger partial charge in [-0.1, -0.05) is 23.7 Å². The Kier molecular flexibility index (Phi) is 11.2. The lowest BCUT2D eigenvalue weighted by Gasteiger charge is -2.23. The summed E-state index contributed by atoms with van der Waals surface area (Å²) in [5.74, 6) is 0.0950. The van der Waals surface area contributed by atoms with Gasteiger partial charge in [0.25, 0.3) is 0 Å². The summed E-state index contributed by atoms with van der Waals surface area (Å²) < 4.78 is 86.8. The van der Waals surface area contributed by atoms with Gasteiger partial charge in [0.2, 0.25) is 5.88 Å². The molecule has 0 saturated heterocycles. The molecule has 0 radical (unpaired) electrons. The van der Waals surface area contributed by atoms with Crippen LogP contribution >= 0.6 is 11.6 Å². The number of pyridine rings is 1. The van der Waals surface area contributed by atoms with E-state index >= 15 is 0 Å². The number of ether oxygens (including phenoxy) is 4. The molecule has 0 aliphatic carbocycles. The Labute approximate surface area is 216 Å². The smallest absolute Gasteiger partial charge is 0.422 e. The Bertz CT molecular complexity index is 1140. The standard InChI is InChI=1S/C21H25ClF3N3O8S/c1-33-7-8-35-16-5-3-14(4-6-16)12-28(20(29)30)37(31,32)27-11-17(13-34-2)36-19-18(22)9-15(10-26-19)21(23,24)25/h3-6,9-10,17,27H,7-8,11-13H2,1-2H3,(H,29,30). The van der Waals surface area contributed by atoms with Crippen molar-refractivity contribution in [1.29, 1.82) is 0 Å². The minimum Gasteiger partial charge on any atom is -0.491 e. The maximum absolute atomic E-state index is 12.8. The summed E-state index contributed by atoms with van der Waals surface area (Å²) in [5.41, 5.74) is -0.738. The molecule has 0 saturated carbocycles. The highest BCUT2D eigenvalue weighted by Crippen LogP contribution is 2.33. The molecule has 0 aliphatic heterocycles. The number of alkyl halides is 3. The van der Waals surface area contributed by atoms with Gasteiger partial charge in [-0.15, -0.1) is 0 Å². The predicted molar refractivity (Wildman–Crippen MR) is 125 cm³/mol. The molecule has 0 aliphatic rings. The van der Waals surface area contributed by atoms with E-state index in [-0.39, 0.29) is 16.8 Å². The lowest BCUT2D eigenvalue weighted by Crippen LogP contribution is -2.47. The van der Waals surface area contributed by atoms with E-state index in [9.17, 15) is 31.5 Å². The number of amides is 1. The number of carboxylic acid groups (broad SMARTS) is 1. The number of halogens is 4. The number of hydrogen-bond donors (Lipinski definition) is 2. The molecule has 2 aromatic rings. The number of aromatic nitrogens is 1. The van der Waals surface area contributed by atoms with Crippen LogP contribution in [0.15, 0.2) is 36.5 Å². The largest absolute Gasteiger partial charge is 0.491 e. The molecule has 2 N–H and O–H groups in total. The van der Waals surface area contributed by atoms with Crippen molar-refractivity contribution >= 4 is 27.9 Å². The number of benzene rings is 1. The number of nitrogens with zero attached hydrogens (tertiary/aromatic N) is 2. The van der Waals surface area contributed by atoms with Crippen LogP contribution in [0.5, 0.6) is 11.6 Å². The number of nitrogens with one attached hydrogen (secondary N) is 1. The van der Waals surface area contributed by atoms with Crippen LogP contribution in [-0.2, 0) is 32.4 Å². The third kappa shape index (κ3) is 9.51. The highest BCUT2D eigenvalue weighted by molar-refractivity contribution is 7.87. The number of methoxy groups -OCH3 is 2. The molecule has 1 unspecified atom stereocenters. The van der Waals surface area contributed by atoms with Crippen LogP contribution in [0.2, 0.25) is 5.02 Å². The van der Waals surface area contributed by atoms with E-state index in [2.05, 4.69) is 9.71 Å². The molecule has 1 aromatic carbocycles. The summed E-state index contributed by atoms with van der Waals surface area (Å²) in [6.45, 7) is -0.573. The summed E-state index contributed by atoms with van der Waals surface area (Å²) >= 11 is 5.83. The SMILES string of the molecule is COCCOc1ccc(CN(C(=O)O)S(=O)(=O)NCC(COC)Oc2ncc(C(F)(F)F)cc2Cl)cc1. The average molecular weight is 572 g/mol. The molecule has 0 spiro atoms. The van der Waals surface area contributed by atoms with E-state index in [1.54, 1.807) is 12.1 Å². The fraction of sp³-hybridized carbons (Fsp3) is 0.429. The molecule has 37 heavy (non-hydrogen) atoms. The number of rotatable bonds is 14. The first kappa shape index (κ1) is 30.4. The van der Waals surface area contributed by atoms with Gasteiger partial charge in [0, 0.05) is 20.4 Å². The second kappa shape index (κ2) is 13.6. The van der Waals surface area contributed by atoms with Gasteiger partial charge >= 0.3 is 22.5 Å². The first-order valence-corrected chi connectivity index (χ1v) is 12.3. The van der Waals surface area contributed by atoms with Crippen molar-refractivity contribution in [3.05, 3.63) is 52.7 Å². The third-order valence-corrected chi connectivity index (χ3v) is 6.24. The Balaban J connectivity index is 2.08. The van der Waals surface area contributed by atoms with Crippen LogP contribution in [0.25, 0.3) is 0 Å². The van der Waals surface area contributed by atoms with Gasteiger partial charge in [-0.3, -0.25) is 0 Å². The molecule has 2 rings (SSSR count). The molecule has 1 heterocycles. The van der Waals surface area contributed by atoms with E-state index in [0.717, 1.165) is 0 Å². The Morgan fingerprint density at radius 1 is 1.19 bits per heavy atom. The fourth-order valence-electron chi connectivity index (χ4n) is 2.78. The van der Waals surface area contributed by atoms with Crippen LogP contribution in [0.3, 0.4) is 0 Å². The zero-order valence-electron chi connectivity index (χ0n) is 19.7. The Morgan fingerprint density at radius 3 is 2.41 bits per heavy atom. The van der Waals surface area contributed by atoms with Crippen LogP contribution in [0.1, 0.15) is 11.1 Å². The van der Waals surface area contributed by atoms with Crippen LogP contribution in [0.4, 0.5) is 18.0 Å². The molecule has 1 aromatic heterocycles. The van der Waals surface area contributed by atoms with Crippen LogP contribution in [-0.4, -0.2) is 75.6 Å². The highest BCUT2D eigenvalue weighted by atomic mass is 35.5. The van der Waals surface area contributed by atoms with Crippen molar-refractivity contribution in [2.24, 2.45) is 0 Å². The Hall–Kier alpha value is -2.85. The summed E-state index contributed by atoms with van der Waals surface area (Å²) in [6.07, 6.45) is -7.02. The number of hydrogen-bond acceptors (Lipinski definition) is 8. The van der Waals surface area contributed by atoms with Crippen molar-refractivity contribution in [3.63, 3.8) is 0 Å². The summed E-state index contributed by atoms with van der Waals surface area (Å²) in [7, 11) is -1.79. The van der Waals surface area contributed by atoms with E-state index in [4.69, 9.17) is 30.5 Å². The van der Waals surface area contributed by atoms with Gasteiger partial charge in [-0.2, -0.15) is 30.6 Å². The number of carbonyl (C=O) groups is 1. The second-order valence-electron chi connectivity index (χ2n) is 7.33. The maximum Gasteiger partial charge on any atom is 0.422 e. The summed E-state index contributed by atoms with van der Waals surface area (Å²) in [5, 5.41) is 9.04. The van der Waals surface area contributed by atoms with E-state index in [1.807, 2.05) is 0 Å². The topological polar surface area (TPSA) is 137 Å². The quantitative estimate of drug-likeness (QED) is 0.328. The van der Waals surface area contributed by atoms with E-state index < -0.39 is 52.3 Å². The van der Waals surface area contributed by atoms with Gasteiger partial charge in [-0.05, 0) is 23.8 Å². The fourth-order valence-corrected chi connectivity index (χ4v) is 4.06. The van der Waals surface area contributed by atoms with Crippen LogP contribution < -0.4 is 14.2 Å². The first-order chi connectivity index (χ1) is 17.4. The molecule has 1 atom stereocenters. The molecule has 16 heteroatoms. The molecule has 11 nitrogen and oxygen atoms in total. The third-order valence-electron chi connectivity index (χ3n) is 4.57.